The van der Waals surface area contributed by atoms with Gasteiger partial charge in [0.2, 0.25) is 5.91 Å². The van der Waals surface area contributed by atoms with Crippen molar-refractivity contribution in [3.63, 3.8) is 0 Å². The highest BCUT2D eigenvalue weighted by Crippen LogP contribution is 2.09. The van der Waals surface area contributed by atoms with E-state index in [0.717, 1.165) is 23.4 Å². The summed E-state index contributed by atoms with van der Waals surface area (Å²) in [5.41, 5.74) is 4.61. The third kappa shape index (κ3) is 3.98. The van der Waals surface area contributed by atoms with Crippen molar-refractivity contribution in [2.75, 3.05) is 0 Å². The first kappa shape index (κ1) is 13.4. The van der Waals surface area contributed by atoms with Crippen LogP contribution in [0.1, 0.15) is 28.9 Å². The number of hydrogen-bond donors (Lipinski definition) is 2. The number of rotatable bonds is 5. The molecule has 0 saturated carbocycles. The van der Waals surface area contributed by atoms with Crippen LogP contribution >= 0.6 is 0 Å². The lowest BCUT2D eigenvalue weighted by Crippen LogP contribution is -2.23. The predicted molar refractivity (Wildman–Crippen MR) is 76.9 cm³/mol. The summed E-state index contributed by atoms with van der Waals surface area (Å²) >= 11 is 0. The number of aromatic amines is 1. The molecule has 2 N–H and O–H groups in total. The third-order valence-corrected chi connectivity index (χ3v) is 3.22. The van der Waals surface area contributed by atoms with Crippen LogP contribution in [0.2, 0.25) is 0 Å². The van der Waals surface area contributed by atoms with Gasteiger partial charge in [0.25, 0.3) is 0 Å². The maximum absolute atomic E-state index is 11.8. The lowest BCUT2D eigenvalue weighted by atomic mass is 10.1. The topological polar surface area (TPSA) is 44.9 Å². The zero-order chi connectivity index (χ0) is 13.7. The van der Waals surface area contributed by atoms with E-state index in [1.54, 1.807) is 0 Å². The Balaban J connectivity index is 1.77. The maximum atomic E-state index is 11.8. The zero-order valence-electron chi connectivity index (χ0n) is 11.5. The van der Waals surface area contributed by atoms with Crippen LogP contribution in [0.15, 0.2) is 36.4 Å². The molecule has 0 aliphatic heterocycles. The van der Waals surface area contributed by atoms with E-state index in [2.05, 4.69) is 16.4 Å². The Labute approximate surface area is 114 Å². The lowest BCUT2D eigenvalue weighted by molar-refractivity contribution is -0.121. The van der Waals surface area contributed by atoms with Gasteiger partial charge in [-0.1, -0.05) is 30.3 Å². The van der Waals surface area contributed by atoms with Crippen LogP contribution in [0.25, 0.3) is 0 Å². The third-order valence-electron chi connectivity index (χ3n) is 3.22. The molecule has 3 nitrogen and oxygen atoms in total. The van der Waals surface area contributed by atoms with Crippen LogP contribution in [0.5, 0.6) is 0 Å². The fourth-order valence-electron chi connectivity index (χ4n) is 2.15. The molecule has 1 aromatic heterocycles. The molecule has 0 bridgehead atoms. The molecule has 0 unspecified atom stereocenters. The van der Waals surface area contributed by atoms with Gasteiger partial charge in [0, 0.05) is 24.4 Å². The van der Waals surface area contributed by atoms with E-state index in [1.807, 2.05) is 44.2 Å². The van der Waals surface area contributed by atoms with Gasteiger partial charge in [-0.15, -0.1) is 0 Å². The van der Waals surface area contributed by atoms with E-state index in [1.165, 1.54) is 5.56 Å². The molecule has 0 spiro atoms. The molecule has 1 aromatic carbocycles. The molecule has 1 amide bonds. The first-order valence-electron chi connectivity index (χ1n) is 6.61. The number of carbonyl (C=O) groups excluding carboxylic acids is 1. The highest BCUT2D eigenvalue weighted by molar-refractivity contribution is 5.76. The number of benzene rings is 1. The van der Waals surface area contributed by atoms with E-state index in [-0.39, 0.29) is 5.91 Å². The van der Waals surface area contributed by atoms with Crippen molar-refractivity contribution in [1.82, 2.24) is 10.3 Å². The average Bonchev–Trinajstić information content (AvgIpc) is 2.73. The Morgan fingerprint density at radius 1 is 1.21 bits per heavy atom. The van der Waals surface area contributed by atoms with Gasteiger partial charge in [-0.05, 0) is 37.5 Å². The molecule has 0 aliphatic carbocycles. The smallest absolute Gasteiger partial charge is 0.220 e. The summed E-state index contributed by atoms with van der Waals surface area (Å²) in [5, 5.41) is 2.96. The molecule has 0 saturated heterocycles. The van der Waals surface area contributed by atoms with Crippen molar-refractivity contribution < 1.29 is 4.79 Å². The summed E-state index contributed by atoms with van der Waals surface area (Å²) in [6.45, 7) is 4.65. The zero-order valence-corrected chi connectivity index (χ0v) is 11.5. The highest BCUT2D eigenvalue weighted by Gasteiger charge is 2.05. The molecule has 0 aliphatic rings. The van der Waals surface area contributed by atoms with Crippen LogP contribution in [0.4, 0.5) is 0 Å². The second-order valence-electron chi connectivity index (χ2n) is 4.86. The molecule has 2 aromatic rings. The van der Waals surface area contributed by atoms with Crippen LogP contribution in [-0.4, -0.2) is 10.9 Å². The van der Waals surface area contributed by atoms with Gasteiger partial charge in [0.05, 0.1) is 0 Å². The Morgan fingerprint density at radius 2 is 1.95 bits per heavy atom. The molecular formula is C16H20N2O. The lowest BCUT2D eigenvalue weighted by Gasteiger charge is -2.05. The number of hydrogen-bond acceptors (Lipinski definition) is 1. The number of nitrogens with one attached hydrogen (secondary N) is 2. The number of carbonyl (C=O) groups is 1. The molecule has 2 rings (SSSR count). The van der Waals surface area contributed by atoms with Gasteiger partial charge < -0.3 is 10.3 Å². The van der Waals surface area contributed by atoms with Crippen molar-refractivity contribution >= 4 is 5.91 Å². The van der Waals surface area contributed by atoms with E-state index >= 15 is 0 Å². The Bertz CT molecular complexity index is 543. The maximum Gasteiger partial charge on any atom is 0.220 e. The van der Waals surface area contributed by atoms with Gasteiger partial charge in [0.1, 0.15) is 0 Å². The van der Waals surface area contributed by atoms with Crippen molar-refractivity contribution in [3.8, 4) is 0 Å². The molecule has 19 heavy (non-hydrogen) atoms. The number of H-pyrrole nitrogens is 1. The molecule has 0 atom stereocenters. The summed E-state index contributed by atoms with van der Waals surface area (Å²) in [5.74, 6) is 0.0992. The molecule has 3 heteroatoms. The van der Waals surface area contributed by atoms with E-state index in [9.17, 15) is 4.79 Å². The standard InChI is InChI=1S/C16H20N2O/c1-12-10-15(13(2)18-12)11-17-16(19)9-8-14-6-4-3-5-7-14/h3-7,10,18H,8-9,11H2,1-2H3,(H,17,19). The summed E-state index contributed by atoms with van der Waals surface area (Å²) in [4.78, 5) is 15.0. The summed E-state index contributed by atoms with van der Waals surface area (Å²) < 4.78 is 0. The first-order chi connectivity index (χ1) is 9.15. The molecule has 0 radical (unpaired) electrons. The Kier molecular flexibility index (Phi) is 4.39. The second kappa shape index (κ2) is 6.23. The van der Waals surface area contributed by atoms with Crippen LogP contribution in [0.3, 0.4) is 0 Å². The minimum atomic E-state index is 0.0992. The van der Waals surface area contributed by atoms with E-state index in [0.29, 0.717) is 13.0 Å². The van der Waals surface area contributed by atoms with Crippen LogP contribution < -0.4 is 5.32 Å². The number of aromatic nitrogens is 1. The van der Waals surface area contributed by atoms with Crippen molar-refractivity contribution in [1.29, 1.82) is 0 Å². The van der Waals surface area contributed by atoms with Gasteiger partial charge in [-0.25, -0.2) is 0 Å². The number of aryl methyl sites for hydroxylation is 3. The van der Waals surface area contributed by atoms with E-state index < -0.39 is 0 Å². The normalized spacial score (nSPS) is 10.4. The van der Waals surface area contributed by atoms with Crippen molar-refractivity contribution in [3.05, 3.63) is 58.9 Å². The van der Waals surface area contributed by atoms with Crippen molar-refractivity contribution in [2.24, 2.45) is 0 Å². The largest absolute Gasteiger partial charge is 0.362 e. The predicted octanol–water partition coefficient (Wildman–Crippen LogP) is 2.88. The van der Waals surface area contributed by atoms with Gasteiger partial charge in [0.15, 0.2) is 0 Å². The summed E-state index contributed by atoms with van der Waals surface area (Å²) in [6.07, 6.45) is 1.32. The van der Waals surface area contributed by atoms with E-state index in [4.69, 9.17) is 0 Å². The molecule has 1 heterocycles. The van der Waals surface area contributed by atoms with Gasteiger partial charge in [-0.2, -0.15) is 0 Å². The summed E-state index contributed by atoms with van der Waals surface area (Å²) in [7, 11) is 0. The first-order valence-corrected chi connectivity index (χ1v) is 6.61. The molecule has 0 fully saturated rings. The van der Waals surface area contributed by atoms with Gasteiger partial charge in [-0.3, -0.25) is 4.79 Å². The highest BCUT2D eigenvalue weighted by atomic mass is 16.1. The SMILES string of the molecule is Cc1cc(CNC(=O)CCc2ccccc2)c(C)[nH]1. The van der Waals surface area contributed by atoms with Gasteiger partial charge >= 0.3 is 0 Å². The number of amides is 1. The monoisotopic (exact) mass is 256 g/mol. The fraction of sp³-hybridized carbons (Fsp3) is 0.312. The minimum Gasteiger partial charge on any atom is -0.362 e. The molecular weight excluding hydrogens is 236 g/mol. The Morgan fingerprint density at radius 3 is 2.58 bits per heavy atom. The fourth-order valence-corrected chi connectivity index (χ4v) is 2.15. The van der Waals surface area contributed by atoms with Crippen molar-refractivity contribution in [2.45, 2.75) is 33.2 Å². The summed E-state index contributed by atoms with van der Waals surface area (Å²) in [6, 6.07) is 12.2. The average molecular weight is 256 g/mol. The second-order valence-corrected chi connectivity index (χ2v) is 4.86. The minimum absolute atomic E-state index is 0.0992. The van der Waals surface area contributed by atoms with Crippen LogP contribution in [-0.2, 0) is 17.8 Å². The quantitative estimate of drug-likeness (QED) is 0.849. The van der Waals surface area contributed by atoms with Crippen LogP contribution in [0, 0.1) is 13.8 Å². The molecule has 100 valence electrons. The Hall–Kier alpha value is -2.03.